The third-order valence-electron chi connectivity index (χ3n) is 1.98. The van der Waals surface area contributed by atoms with Gasteiger partial charge in [0.2, 0.25) is 0 Å². The number of hydrogen-bond acceptors (Lipinski definition) is 5. The van der Waals surface area contributed by atoms with Gasteiger partial charge in [-0.2, -0.15) is 4.98 Å². The van der Waals surface area contributed by atoms with E-state index in [4.69, 9.17) is 9.73 Å². The fourth-order valence-corrected chi connectivity index (χ4v) is 1.32. The summed E-state index contributed by atoms with van der Waals surface area (Å²) in [4.78, 5) is 4.12. The van der Waals surface area contributed by atoms with Gasteiger partial charge in [0.25, 0.3) is 5.89 Å². The first-order valence-electron chi connectivity index (χ1n) is 4.56. The molecule has 1 aromatic heterocycles. The zero-order valence-corrected chi connectivity index (χ0v) is 9.49. The van der Waals surface area contributed by atoms with Gasteiger partial charge in [-0.3, -0.25) is 0 Å². The molecule has 0 radical (unpaired) electrons. The fraction of sp³-hybridized carbons (Fsp3) is 0.200. The zero-order valence-electron chi connectivity index (χ0n) is 8.67. The first-order valence-corrected chi connectivity index (χ1v) is 4.56. The van der Waals surface area contributed by atoms with Crippen molar-refractivity contribution in [1.29, 1.82) is 0 Å². The van der Waals surface area contributed by atoms with Gasteiger partial charge in [-0.1, -0.05) is 17.3 Å². The number of aromatic nitrogens is 2. The lowest BCUT2D eigenvalue weighted by Gasteiger charge is -2.00. The van der Waals surface area contributed by atoms with Gasteiger partial charge in [-0.25, -0.2) is 5.48 Å². The topological polar surface area (TPSA) is 71.2 Å². The Labute approximate surface area is 98.9 Å². The van der Waals surface area contributed by atoms with Crippen molar-refractivity contribution in [1.82, 2.24) is 15.6 Å². The lowest BCUT2D eigenvalue weighted by Crippen LogP contribution is -2.05. The first-order chi connectivity index (χ1) is 7.29. The van der Waals surface area contributed by atoms with Gasteiger partial charge < -0.3 is 9.73 Å². The van der Waals surface area contributed by atoms with Crippen molar-refractivity contribution in [2.24, 2.45) is 0 Å². The minimum absolute atomic E-state index is 0. The van der Waals surface area contributed by atoms with E-state index < -0.39 is 0 Å². The van der Waals surface area contributed by atoms with Crippen LogP contribution >= 0.6 is 12.4 Å². The second kappa shape index (κ2) is 5.60. The molecule has 0 fully saturated rings. The van der Waals surface area contributed by atoms with Crippen molar-refractivity contribution in [2.45, 2.75) is 13.5 Å². The van der Waals surface area contributed by atoms with E-state index in [1.54, 1.807) is 6.92 Å². The molecule has 0 aliphatic rings. The van der Waals surface area contributed by atoms with Crippen LogP contribution in [0.15, 0.2) is 28.8 Å². The van der Waals surface area contributed by atoms with E-state index in [0.717, 1.165) is 11.1 Å². The number of hydrogen-bond donors (Lipinski definition) is 2. The van der Waals surface area contributed by atoms with Crippen LogP contribution in [0.1, 0.15) is 11.4 Å². The second-order valence-electron chi connectivity index (χ2n) is 3.18. The second-order valence-corrected chi connectivity index (χ2v) is 3.18. The van der Waals surface area contributed by atoms with Gasteiger partial charge in [-0.15, -0.1) is 12.4 Å². The van der Waals surface area contributed by atoms with Crippen molar-refractivity contribution in [3.05, 3.63) is 35.7 Å². The molecule has 0 aliphatic heterocycles. The van der Waals surface area contributed by atoms with Crippen LogP contribution in [0.25, 0.3) is 11.5 Å². The molecule has 5 nitrogen and oxygen atoms in total. The molecule has 86 valence electrons. The van der Waals surface area contributed by atoms with Gasteiger partial charge in [-0.05, 0) is 24.6 Å². The molecular formula is C10H12ClN3O2. The maximum atomic E-state index is 8.58. The van der Waals surface area contributed by atoms with Crippen molar-refractivity contribution in [2.75, 3.05) is 0 Å². The maximum Gasteiger partial charge on any atom is 0.257 e. The number of rotatable bonds is 3. The predicted octanol–water partition coefficient (Wildman–Crippen LogP) is 1.95. The Morgan fingerprint density at radius 1 is 1.44 bits per heavy atom. The maximum absolute atomic E-state index is 8.58. The number of nitrogens with zero attached hydrogens (tertiary/aromatic N) is 2. The highest BCUT2D eigenvalue weighted by Gasteiger charge is 2.06. The molecule has 16 heavy (non-hydrogen) atoms. The number of hydroxylamine groups is 1. The lowest BCUT2D eigenvalue weighted by molar-refractivity contribution is 0.161. The summed E-state index contributed by atoms with van der Waals surface area (Å²) in [7, 11) is 0. The summed E-state index contributed by atoms with van der Waals surface area (Å²) in [6.07, 6.45) is 0. The summed E-state index contributed by atoms with van der Waals surface area (Å²) < 4.78 is 5.04. The summed E-state index contributed by atoms with van der Waals surface area (Å²) >= 11 is 0. The van der Waals surface area contributed by atoms with Crippen LogP contribution in [0.4, 0.5) is 0 Å². The summed E-state index contributed by atoms with van der Waals surface area (Å²) in [5.74, 6) is 1.10. The Bertz CT molecular complexity index is 459. The molecule has 0 spiro atoms. The molecule has 0 saturated heterocycles. The van der Waals surface area contributed by atoms with Gasteiger partial charge in [0.15, 0.2) is 5.82 Å². The fourth-order valence-electron chi connectivity index (χ4n) is 1.32. The van der Waals surface area contributed by atoms with E-state index in [1.807, 2.05) is 24.3 Å². The molecule has 0 bridgehead atoms. The minimum Gasteiger partial charge on any atom is -0.334 e. The number of aryl methyl sites for hydroxylation is 1. The monoisotopic (exact) mass is 241 g/mol. The van der Waals surface area contributed by atoms with E-state index >= 15 is 0 Å². The van der Waals surface area contributed by atoms with Crippen LogP contribution in [0.5, 0.6) is 0 Å². The number of halogens is 1. The largest absolute Gasteiger partial charge is 0.334 e. The Morgan fingerprint density at radius 3 is 2.88 bits per heavy atom. The van der Waals surface area contributed by atoms with Crippen molar-refractivity contribution in [3.8, 4) is 11.5 Å². The lowest BCUT2D eigenvalue weighted by atomic mass is 10.1. The Kier molecular flexibility index (Phi) is 4.42. The third kappa shape index (κ3) is 2.79. The molecule has 0 atom stereocenters. The van der Waals surface area contributed by atoms with E-state index in [-0.39, 0.29) is 12.4 Å². The van der Waals surface area contributed by atoms with Crippen LogP contribution in [-0.4, -0.2) is 15.3 Å². The molecule has 0 amide bonds. The summed E-state index contributed by atoms with van der Waals surface area (Å²) in [6, 6.07) is 7.54. The van der Waals surface area contributed by atoms with Crippen molar-refractivity contribution >= 4 is 12.4 Å². The van der Waals surface area contributed by atoms with Gasteiger partial charge in [0, 0.05) is 12.1 Å². The zero-order chi connectivity index (χ0) is 10.7. The minimum atomic E-state index is 0. The quantitative estimate of drug-likeness (QED) is 0.804. The normalized spacial score (nSPS) is 9.88. The highest BCUT2D eigenvalue weighted by atomic mass is 35.5. The van der Waals surface area contributed by atoms with E-state index in [0.29, 0.717) is 18.3 Å². The molecule has 0 aliphatic carbocycles. The number of nitrogens with one attached hydrogen (secondary N) is 1. The molecule has 0 unspecified atom stereocenters. The molecule has 2 aromatic rings. The summed E-state index contributed by atoms with van der Waals surface area (Å²) in [6.45, 7) is 2.16. The number of benzene rings is 1. The smallest absolute Gasteiger partial charge is 0.257 e. The molecule has 0 saturated carbocycles. The van der Waals surface area contributed by atoms with Crippen molar-refractivity contribution in [3.63, 3.8) is 0 Å². The average Bonchev–Trinajstić information content (AvgIpc) is 2.66. The van der Waals surface area contributed by atoms with Crippen LogP contribution < -0.4 is 5.48 Å². The molecule has 6 heteroatoms. The first kappa shape index (κ1) is 12.6. The highest BCUT2D eigenvalue weighted by Crippen LogP contribution is 2.18. The van der Waals surface area contributed by atoms with E-state index in [2.05, 4.69) is 15.6 Å². The van der Waals surface area contributed by atoms with Gasteiger partial charge in [0.1, 0.15) is 0 Å². The Balaban J connectivity index is 0.00000128. The van der Waals surface area contributed by atoms with Crippen LogP contribution in [0.3, 0.4) is 0 Å². The molecule has 2 N–H and O–H groups in total. The molecule has 1 heterocycles. The van der Waals surface area contributed by atoms with Gasteiger partial charge >= 0.3 is 0 Å². The molecule has 2 rings (SSSR count). The summed E-state index contributed by atoms with van der Waals surface area (Å²) in [5, 5.41) is 12.3. The average molecular weight is 242 g/mol. The molecular weight excluding hydrogens is 230 g/mol. The van der Waals surface area contributed by atoms with E-state index in [1.165, 1.54) is 0 Å². The van der Waals surface area contributed by atoms with Gasteiger partial charge in [0.05, 0.1) is 0 Å². The van der Waals surface area contributed by atoms with Crippen LogP contribution in [0.2, 0.25) is 0 Å². The Morgan fingerprint density at radius 2 is 2.25 bits per heavy atom. The SMILES string of the molecule is Cc1noc(-c2cccc(CNO)c2)n1.Cl. The predicted molar refractivity (Wildman–Crippen MR) is 60.3 cm³/mol. The summed E-state index contributed by atoms with van der Waals surface area (Å²) in [5.41, 5.74) is 3.90. The molecule has 1 aromatic carbocycles. The standard InChI is InChI=1S/C10H11N3O2.ClH/c1-7-12-10(15-13-7)9-4-2-3-8(5-9)6-11-14;/h2-5,11,14H,6H2,1H3;1H. The highest BCUT2D eigenvalue weighted by molar-refractivity contribution is 5.85. The van der Waals surface area contributed by atoms with Crippen LogP contribution in [0, 0.1) is 6.92 Å². The van der Waals surface area contributed by atoms with E-state index in [9.17, 15) is 0 Å². The third-order valence-corrected chi connectivity index (χ3v) is 1.98. The van der Waals surface area contributed by atoms with Crippen molar-refractivity contribution < 1.29 is 9.73 Å². The Hall–Kier alpha value is -1.43. The van der Waals surface area contributed by atoms with Crippen LogP contribution in [-0.2, 0) is 6.54 Å².